The summed E-state index contributed by atoms with van der Waals surface area (Å²) in [6, 6.07) is 31.0. The molecule has 0 radical (unpaired) electrons. The Labute approximate surface area is 253 Å². The minimum Gasteiger partial charge on any atom is -0.381 e. The maximum absolute atomic E-state index is 4.97. The van der Waals surface area contributed by atoms with Gasteiger partial charge < -0.3 is 5.32 Å². The topological polar surface area (TPSA) is 24.9 Å². The molecule has 42 heavy (non-hydrogen) atoms. The summed E-state index contributed by atoms with van der Waals surface area (Å²) in [6.07, 6.45) is 9.81. The normalized spacial score (nSPS) is 15.7. The van der Waals surface area contributed by atoms with Crippen LogP contribution in [0, 0.1) is 10.8 Å². The highest BCUT2D eigenvalue weighted by atomic mass is 14.9. The van der Waals surface area contributed by atoms with Gasteiger partial charge in [-0.3, -0.25) is 4.98 Å². The Morgan fingerprint density at radius 2 is 1.43 bits per heavy atom. The molecule has 1 N–H and O–H groups in total. The van der Waals surface area contributed by atoms with Gasteiger partial charge in [-0.2, -0.15) is 0 Å². The van der Waals surface area contributed by atoms with Gasteiger partial charge in [-0.1, -0.05) is 134 Å². The van der Waals surface area contributed by atoms with Crippen LogP contribution in [-0.2, 0) is 11.8 Å². The molecule has 3 aromatic carbocycles. The molecule has 1 atom stereocenters. The van der Waals surface area contributed by atoms with E-state index in [4.69, 9.17) is 4.98 Å². The second-order valence-electron chi connectivity index (χ2n) is 14.5. The van der Waals surface area contributed by atoms with Crippen LogP contribution in [0.5, 0.6) is 0 Å². The van der Waals surface area contributed by atoms with E-state index in [1.807, 2.05) is 0 Å². The molecule has 0 bridgehead atoms. The fourth-order valence-electron chi connectivity index (χ4n) is 6.10. The molecule has 0 fully saturated rings. The molecule has 1 aromatic heterocycles. The molecule has 2 heteroatoms. The molecule has 1 aliphatic rings. The SMILES string of the molecule is CC(C)(C)Cc1ccc(-c2ccccc2C(C)(C)c2ccc(-c3ccccc3)cc2C2C=C(C(C)(C)C)C=CN2)nc1. The highest BCUT2D eigenvalue weighted by Crippen LogP contribution is 2.43. The smallest absolute Gasteiger partial charge is 0.0705 e. The third-order valence-electron chi connectivity index (χ3n) is 8.35. The average molecular weight is 555 g/mol. The number of hydrogen-bond donors (Lipinski definition) is 1. The Morgan fingerprint density at radius 3 is 2.10 bits per heavy atom. The molecule has 2 heterocycles. The minimum atomic E-state index is -0.272. The van der Waals surface area contributed by atoms with Gasteiger partial charge in [-0.25, -0.2) is 0 Å². The summed E-state index contributed by atoms with van der Waals surface area (Å²) in [7, 11) is 0. The van der Waals surface area contributed by atoms with E-state index in [2.05, 4.69) is 170 Å². The average Bonchev–Trinajstić information content (AvgIpc) is 2.96. The lowest BCUT2D eigenvalue weighted by Crippen LogP contribution is -2.27. The number of dihydropyridines is 1. The largest absolute Gasteiger partial charge is 0.381 e. The van der Waals surface area contributed by atoms with Crippen molar-refractivity contribution in [3.8, 4) is 22.4 Å². The minimum absolute atomic E-state index is 0.0704. The first kappa shape index (κ1) is 29.6. The fourth-order valence-corrected chi connectivity index (χ4v) is 6.10. The van der Waals surface area contributed by atoms with Crippen LogP contribution in [0.1, 0.15) is 83.7 Å². The third-order valence-corrected chi connectivity index (χ3v) is 8.35. The van der Waals surface area contributed by atoms with Gasteiger partial charge in [0.2, 0.25) is 0 Å². The predicted octanol–water partition coefficient (Wildman–Crippen LogP) is 10.5. The van der Waals surface area contributed by atoms with Crippen molar-refractivity contribution in [3.05, 3.63) is 137 Å². The molecule has 1 unspecified atom stereocenters. The second kappa shape index (κ2) is 11.4. The Morgan fingerprint density at radius 1 is 0.714 bits per heavy atom. The molecular weight excluding hydrogens is 508 g/mol. The molecule has 0 aliphatic carbocycles. The van der Waals surface area contributed by atoms with Crippen LogP contribution in [0.2, 0.25) is 0 Å². The number of hydrogen-bond acceptors (Lipinski definition) is 2. The molecule has 0 saturated heterocycles. The number of rotatable bonds is 6. The van der Waals surface area contributed by atoms with Gasteiger partial charge in [0.25, 0.3) is 0 Å². The van der Waals surface area contributed by atoms with Gasteiger partial charge >= 0.3 is 0 Å². The first-order chi connectivity index (χ1) is 19.8. The maximum Gasteiger partial charge on any atom is 0.0705 e. The zero-order valence-electron chi connectivity index (χ0n) is 26.6. The molecule has 5 rings (SSSR count). The highest BCUT2D eigenvalue weighted by molar-refractivity contribution is 5.70. The van der Waals surface area contributed by atoms with Crippen molar-refractivity contribution in [3.63, 3.8) is 0 Å². The van der Waals surface area contributed by atoms with Crippen molar-refractivity contribution in [1.82, 2.24) is 10.3 Å². The van der Waals surface area contributed by atoms with Gasteiger partial charge in [0.05, 0.1) is 11.7 Å². The van der Waals surface area contributed by atoms with Crippen LogP contribution in [-0.4, -0.2) is 4.98 Å². The van der Waals surface area contributed by atoms with Crippen LogP contribution in [0.3, 0.4) is 0 Å². The number of pyridine rings is 1. The summed E-state index contributed by atoms with van der Waals surface area (Å²) in [5, 5.41) is 3.68. The zero-order chi connectivity index (χ0) is 30.1. The van der Waals surface area contributed by atoms with Crippen molar-refractivity contribution in [2.45, 2.75) is 73.3 Å². The summed E-state index contributed by atoms with van der Waals surface area (Å²) < 4.78 is 0. The molecule has 0 spiro atoms. The number of aromatic nitrogens is 1. The summed E-state index contributed by atoms with van der Waals surface area (Å²) in [6.45, 7) is 18.4. The number of nitrogens with zero attached hydrogens (tertiary/aromatic N) is 1. The van der Waals surface area contributed by atoms with Crippen molar-refractivity contribution in [1.29, 1.82) is 0 Å². The van der Waals surface area contributed by atoms with Crippen molar-refractivity contribution in [2.24, 2.45) is 10.8 Å². The van der Waals surface area contributed by atoms with Crippen molar-refractivity contribution >= 4 is 0 Å². The molecule has 0 saturated carbocycles. The monoisotopic (exact) mass is 554 g/mol. The molecule has 1 aliphatic heterocycles. The van der Waals surface area contributed by atoms with Crippen molar-refractivity contribution in [2.75, 3.05) is 0 Å². The predicted molar refractivity (Wildman–Crippen MR) is 179 cm³/mol. The first-order valence-corrected chi connectivity index (χ1v) is 15.2. The zero-order valence-corrected chi connectivity index (χ0v) is 26.6. The van der Waals surface area contributed by atoms with Gasteiger partial charge in [0.1, 0.15) is 0 Å². The van der Waals surface area contributed by atoms with E-state index in [0.29, 0.717) is 0 Å². The van der Waals surface area contributed by atoms with Gasteiger partial charge in [0, 0.05) is 17.2 Å². The number of allylic oxidation sites excluding steroid dienone is 2. The quantitative estimate of drug-likeness (QED) is 0.256. The molecule has 0 amide bonds. The van der Waals surface area contributed by atoms with E-state index in [0.717, 1.165) is 12.1 Å². The Hall–Kier alpha value is -3.91. The number of nitrogens with one attached hydrogen (secondary N) is 1. The van der Waals surface area contributed by atoms with Crippen LogP contribution in [0.25, 0.3) is 22.4 Å². The third kappa shape index (κ3) is 6.44. The van der Waals surface area contributed by atoms with E-state index >= 15 is 0 Å². The van der Waals surface area contributed by atoms with E-state index in [1.54, 1.807) is 0 Å². The van der Waals surface area contributed by atoms with E-state index in [1.165, 1.54) is 44.5 Å². The lowest BCUT2D eigenvalue weighted by Gasteiger charge is -2.34. The Bertz CT molecular complexity index is 1590. The van der Waals surface area contributed by atoms with Crippen LogP contribution >= 0.6 is 0 Å². The van der Waals surface area contributed by atoms with E-state index in [-0.39, 0.29) is 22.3 Å². The lowest BCUT2D eigenvalue weighted by molar-refractivity contribution is 0.411. The number of benzene rings is 3. The van der Waals surface area contributed by atoms with Crippen LogP contribution in [0.4, 0.5) is 0 Å². The Balaban J connectivity index is 1.63. The van der Waals surface area contributed by atoms with Crippen molar-refractivity contribution < 1.29 is 0 Å². The van der Waals surface area contributed by atoms with Gasteiger partial charge in [-0.15, -0.1) is 0 Å². The summed E-state index contributed by atoms with van der Waals surface area (Å²) in [4.78, 5) is 4.97. The van der Waals surface area contributed by atoms with E-state index in [9.17, 15) is 0 Å². The molecule has 4 aromatic rings. The fraction of sp³-hybridized carbons (Fsp3) is 0.325. The molecule has 216 valence electrons. The molecule has 2 nitrogen and oxygen atoms in total. The standard InChI is InChI=1S/C40H46N2/c1-38(2,3)26-28-18-21-36(42-27-28)32-16-12-13-17-34(32)40(7,8)35-20-19-30(29-14-10-9-11-15-29)24-33(35)37-25-31(22-23-41-37)39(4,5)6/h9-25,27,37,41H,26H2,1-8H3. The van der Waals surface area contributed by atoms with Crippen LogP contribution in [0.15, 0.2) is 115 Å². The van der Waals surface area contributed by atoms with Gasteiger partial charge in [0.15, 0.2) is 0 Å². The summed E-state index contributed by atoms with van der Waals surface area (Å²) in [5.74, 6) is 0. The van der Waals surface area contributed by atoms with Gasteiger partial charge in [-0.05, 0) is 80.6 Å². The maximum atomic E-state index is 4.97. The first-order valence-electron chi connectivity index (χ1n) is 15.2. The van der Waals surface area contributed by atoms with Crippen LogP contribution < -0.4 is 5.32 Å². The summed E-state index contributed by atoms with van der Waals surface area (Å²) >= 11 is 0. The molecular formula is C40H46N2. The summed E-state index contributed by atoms with van der Waals surface area (Å²) in [5.41, 5.74) is 11.2. The lowest BCUT2D eigenvalue weighted by atomic mass is 9.72. The van der Waals surface area contributed by atoms with E-state index < -0.39 is 0 Å². The Kier molecular flexibility index (Phi) is 8.03. The highest BCUT2D eigenvalue weighted by Gasteiger charge is 2.32. The second-order valence-corrected chi connectivity index (χ2v) is 14.5.